The molecule has 1 atom stereocenters. The van der Waals surface area contributed by atoms with E-state index in [9.17, 15) is 5.11 Å². The Morgan fingerprint density at radius 2 is 1.82 bits per heavy atom. The van der Waals surface area contributed by atoms with Crippen LogP contribution in [0.25, 0.3) is 0 Å². The van der Waals surface area contributed by atoms with Crippen LogP contribution in [0.2, 0.25) is 10.0 Å². The van der Waals surface area contributed by atoms with E-state index in [1.165, 1.54) is 0 Å². The number of aliphatic hydroxyl groups excluding tert-OH is 1. The molecule has 0 aromatic heterocycles. The number of benzene rings is 1. The molecule has 1 aromatic rings. The molecular weight excluding hydrogens is 370 g/mol. The number of hydrogen-bond acceptors (Lipinski definition) is 4. The Morgan fingerprint density at radius 1 is 1.18 bits per heavy atom. The van der Waals surface area contributed by atoms with Gasteiger partial charge in [-0.2, -0.15) is 0 Å². The average molecular weight is 392 g/mol. The maximum atomic E-state index is 10.0. The van der Waals surface area contributed by atoms with Crippen LogP contribution in [0.1, 0.15) is 0 Å². The number of ether oxygens (including phenoxy) is 1. The van der Waals surface area contributed by atoms with E-state index in [0.717, 1.165) is 26.2 Å². The smallest absolute Gasteiger partial charge is 0.138 e. The van der Waals surface area contributed by atoms with Gasteiger partial charge in [0, 0.05) is 37.7 Å². The van der Waals surface area contributed by atoms with Crippen LogP contribution in [0.3, 0.4) is 0 Å². The van der Waals surface area contributed by atoms with E-state index in [2.05, 4.69) is 16.8 Å². The van der Waals surface area contributed by atoms with E-state index in [1.54, 1.807) is 18.2 Å². The van der Waals surface area contributed by atoms with Gasteiger partial charge in [0.15, 0.2) is 0 Å². The van der Waals surface area contributed by atoms with Crippen LogP contribution in [-0.2, 0) is 0 Å². The summed E-state index contributed by atoms with van der Waals surface area (Å²) in [7, 11) is 2.11. The number of aliphatic hydroxyl groups is 1. The molecule has 1 N–H and O–H groups in total. The maximum absolute atomic E-state index is 10.0. The van der Waals surface area contributed by atoms with Crippen molar-refractivity contribution in [2.45, 2.75) is 6.10 Å². The summed E-state index contributed by atoms with van der Waals surface area (Å²) in [6, 6.07) is 5.06. The Labute approximate surface area is 154 Å². The van der Waals surface area contributed by atoms with Crippen molar-refractivity contribution in [3.05, 3.63) is 28.2 Å². The molecule has 1 heterocycles. The molecular formula is C14H22Cl4N2O2. The summed E-state index contributed by atoms with van der Waals surface area (Å²) in [6.45, 7) is 4.89. The molecule has 8 heteroatoms. The van der Waals surface area contributed by atoms with Gasteiger partial charge >= 0.3 is 0 Å². The molecule has 1 aromatic carbocycles. The lowest BCUT2D eigenvalue weighted by atomic mass is 10.3. The second kappa shape index (κ2) is 10.8. The second-order valence-corrected chi connectivity index (χ2v) is 5.99. The molecule has 0 bridgehead atoms. The average Bonchev–Trinajstić information content (AvgIpc) is 2.40. The van der Waals surface area contributed by atoms with Crippen LogP contribution in [-0.4, -0.2) is 67.4 Å². The molecule has 0 aliphatic carbocycles. The van der Waals surface area contributed by atoms with Crippen LogP contribution in [0.4, 0.5) is 0 Å². The lowest BCUT2D eigenvalue weighted by Crippen LogP contribution is -2.47. The van der Waals surface area contributed by atoms with Crippen molar-refractivity contribution in [1.29, 1.82) is 0 Å². The monoisotopic (exact) mass is 390 g/mol. The summed E-state index contributed by atoms with van der Waals surface area (Å²) in [5.41, 5.74) is 0. The van der Waals surface area contributed by atoms with Crippen LogP contribution < -0.4 is 4.74 Å². The SMILES string of the molecule is CN1CCN(CC(O)COc2ccc(Cl)cc2Cl)CC1.Cl.Cl. The van der Waals surface area contributed by atoms with Gasteiger partial charge in [-0.1, -0.05) is 23.2 Å². The zero-order valence-electron chi connectivity index (χ0n) is 12.4. The van der Waals surface area contributed by atoms with Gasteiger partial charge in [-0.15, -0.1) is 24.8 Å². The quantitative estimate of drug-likeness (QED) is 0.837. The van der Waals surface area contributed by atoms with Crippen molar-refractivity contribution >= 4 is 48.0 Å². The number of piperazine rings is 1. The second-order valence-electron chi connectivity index (χ2n) is 5.14. The lowest BCUT2D eigenvalue weighted by molar-refractivity contribution is 0.0505. The molecule has 1 saturated heterocycles. The molecule has 0 spiro atoms. The van der Waals surface area contributed by atoms with Gasteiger partial charge in [0.2, 0.25) is 0 Å². The van der Waals surface area contributed by atoms with Crippen LogP contribution in [0.5, 0.6) is 5.75 Å². The molecule has 0 saturated carbocycles. The first-order chi connectivity index (χ1) is 9.54. The lowest BCUT2D eigenvalue weighted by Gasteiger charge is -2.33. The zero-order valence-corrected chi connectivity index (χ0v) is 15.5. The molecule has 1 fully saturated rings. The van der Waals surface area contributed by atoms with Gasteiger partial charge in [0.05, 0.1) is 5.02 Å². The number of rotatable bonds is 5. The Morgan fingerprint density at radius 3 is 2.41 bits per heavy atom. The standard InChI is InChI=1S/C14H20Cl2N2O2.2ClH/c1-17-4-6-18(7-5-17)9-12(19)10-20-14-3-2-11(15)8-13(14)16;;/h2-3,8,12,19H,4-7,9-10H2,1H3;2*1H. The van der Waals surface area contributed by atoms with Crippen molar-refractivity contribution in [2.75, 3.05) is 46.4 Å². The number of likely N-dealkylation sites (N-methyl/N-ethyl adjacent to an activating group) is 1. The highest BCUT2D eigenvalue weighted by Gasteiger charge is 2.17. The van der Waals surface area contributed by atoms with Crippen LogP contribution in [0, 0.1) is 0 Å². The summed E-state index contributed by atoms with van der Waals surface area (Å²) in [5.74, 6) is 0.550. The third-order valence-corrected chi connectivity index (χ3v) is 3.92. The Hall–Kier alpha value is 0.0600. The molecule has 1 aliphatic rings. The van der Waals surface area contributed by atoms with Gasteiger partial charge in [0.1, 0.15) is 18.5 Å². The predicted octanol–water partition coefficient (Wildman–Crippen LogP) is 2.82. The summed E-state index contributed by atoms with van der Waals surface area (Å²) < 4.78 is 5.54. The minimum atomic E-state index is -0.523. The molecule has 128 valence electrons. The first-order valence-corrected chi connectivity index (χ1v) is 7.47. The first kappa shape index (κ1) is 22.1. The van der Waals surface area contributed by atoms with Crippen molar-refractivity contribution in [3.63, 3.8) is 0 Å². The van der Waals surface area contributed by atoms with Crippen LogP contribution >= 0.6 is 48.0 Å². The number of halogens is 4. The number of hydrogen-bond donors (Lipinski definition) is 1. The highest BCUT2D eigenvalue weighted by atomic mass is 35.5. The fourth-order valence-corrected chi connectivity index (χ4v) is 2.62. The van der Waals surface area contributed by atoms with E-state index in [1.807, 2.05) is 0 Å². The summed E-state index contributed by atoms with van der Waals surface area (Å²) >= 11 is 11.8. The van der Waals surface area contributed by atoms with Crippen molar-refractivity contribution < 1.29 is 9.84 Å². The van der Waals surface area contributed by atoms with Gasteiger partial charge in [0.25, 0.3) is 0 Å². The topological polar surface area (TPSA) is 35.9 Å². The summed E-state index contributed by atoms with van der Waals surface area (Å²) in [4.78, 5) is 4.53. The van der Waals surface area contributed by atoms with E-state index in [-0.39, 0.29) is 31.4 Å². The van der Waals surface area contributed by atoms with Gasteiger partial charge in [-0.05, 0) is 25.2 Å². The number of β-amino-alcohol motifs (C(OH)–C–C–N with tert-alkyl or cyclic N) is 1. The van der Waals surface area contributed by atoms with Crippen molar-refractivity contribution in [3.8, 4) is 5.75 Å². The summed E-state index contributed by atoms with van der Waals surface area (Å²) in [6.07, 6.45) is -0.523. The molecule has 1 aliphatic heterocycles. The van der Waals surface area contributed by atoms with E-state index in [4.69, 9.17) is 27.9 Å². The maximum Gasteiger partial charge on any atom is 0.138 e. The minimum Gasteiger partial charge on any atom is -0.489 e. The summed E-state index contributed by atoms with van der Waals surface area (Å²) in [5, 5.41) is 11.1. The first-order valence-electron chi connectivity index (χ1n) is 6.71. The fraction of sp³-hybridized carbons (Fsp3) is 0.571. The third-order valence-electron chi connectivity index (χ3n) is 3.39. The molecule has 1 unspecified atom stereocenters. The largest absolute Gasteiger partial charge is 0.489 e. The Bertz CT molecular complexity index is 443. The number of nitrogens with zero attached hydrogens (tertiary/aromatic N) is 2. The Balaban J connectivity index is 0.00000220. The third kappa shape index (κ3) is 7.09. The van der Waals surface area contributed by atoms with Crippen LogP contribution in [0.15, 0.2) is 18.2 Å². The van der Waals surface area contributed by atoms with Crippen molar-refractivity contribution in [2.24, 2.45) is 0 Å². The highest BCUT2D eigenvalue weighted by Crippen LogP contribution is 2.27. The minimum absolute atomic E-state index is 0. The molecule has 0 radical (unpaired) electrons. The van der Waals surface area contributed by atoms with Crippen molar-refractivity contribution in [1.82, 2.24) is 9.80 Å². The molecule has 0 amide bonds. The van der Waals surface area contributed by atoms with E-state index >= 15 is 0 Å². The molecule has 22 heavy (non-hydrogen) atoms. The molecule has 4 nitrogen and oxygen atoms in total. The van der Waals surface area contributed by atoms with E-state index < -0.39 is 6.10 Å². The normalized spacial score (nSPS) is 17.3. The molecule has 2 rings (SSSR count). The van der Waals surface area contributed by atoms with E-state index in [0.29, 0.717) is 22.3 Å². The van der Waals surface area contributed by atoms with Gasteiger partial charge in [-0.3, -0.25) is 4.90 Å². The zero-order chi connectivity index (χ0) is 14.5. The van der Waals surface area contributed by atoms with Gasteiger partial charge in [-0.25, -0.2) is 0 Å². The predicted molar refractivity (Wildman–Crippen MR) is 96.4 cm³/mol. The highest BCUT2D eigenvalue weighted by molar-refractivity contribution is 6.35. The van der Waals surface area contributed by atoms with Gasteiger partial charge < -0.3 is 14.7 Å². The Kier molecular flexibility index (Phi) is 10.8. The fourth-order valence-electron chi connectivity index (χ4n) is 2.16.